The first-order chi connectivity index (χ1) is 18.8. The number of aromatic hydroxyl groups is 1. The Kier molecular flexibility index (Phi) is 11.6. The summed E-state index contributed by atoms with van der Waals surface area (Å²) < 4.78 is 0. The zero-order chi connectivity index (χ0) is 29.8. The van der Waals surface area contributed by atoms with Gasteiger partial charge in [-0.05, 0) is 23.3 Å². The van der Waals surface area contributed by atoms with Gasteiger partial charge in [-0.1, -0.05) is 42.5 Å². The molecule has 0 spiro atoms. The van der Waals surface area contributed by atoms with E-state index in [-0.39, 0.29) is 18.6 Å². The van der Waals surface area contributed by atoms with Gasteiger partial charge in [0.15, 0.2) is 0 Å². The van der Waals surface area contributed by atoms with E-state index in [1.54, 1.807) is 30.3 Å². The average molecular weight is 558 g/mol. The molecule has 14 nitrogen and oxygen atoms in total. The largest absolute Gasteiger partial charge is 0.508 e. The number of amides is 4. The molecule has 14 heteroatoms. The number of hydrogen-bond donors (Lipinski definition) is 8. The highest BCUT2D eigenvalue weighted by Crippen LogP contribution is 2.12. The van der Waals surface area contributed by atoms with Crippen molar-refractivity contribution in [1.82, 2.24) is 16.0 Å². The Morgan fingerprint density at radius 2 is 1.18 bits per heavy atom. The minimum absolute atomic E-state index is 0.0565. The summed E-state index contributed by atoms with van der Waals surface area (Å²) in [5.41, 5.74) is 11.9. The molecule has 0 saturated heterocycles. The highest BCUT2D eigenvalue weighted by atomic mass is 16.4. The monoisotopic (exact) mass is 557 g/mol. The number of carboxylic acids is 2. The van der Waals surface area contributed by atoms with Crippen LogP contribution in [0.25, 0.3) is 0 Å². The van der Waals surface area contributed by atoms with Crippen LogP contribution in [0.2, 0.25) is 0 Å². The van der Waals surface area contributed by atoms with Gasteiger partial charge in [0, 0.05) is 12.8 Å². The van der Waals surface area contributed by atoms with Gasteiger partial charge in [-0.3, -0.25) is 24.0 Å². The number of benzene rings is 2. The summed E-state index contributed by atoms with van der Waals surface area (Å²) in [5.74, 6) is -6.66. The maximum atomic E-state index is 13.2. The predicted molar refractivity (Wildman–Crippen MR) is 139 cm³/mol. The van der Waals surface area contributed by atoms with Crippen molar-refractivity contribution in [3.63, 3.8) is 0 Å². The molecule has 0 aromatic heterocycles. The van der Waals surface area contributed by atoms with Crippen molar-refractivity contribution >= 4 is 35.6 Å². The molecule has 0 bridgehead atoms. The fraction of sp³-hybridized carbons (Fsp3) is 0.308. The van der Waals surface area contributed by atoms with Crippen molar-refractivity contribution in [2.75, 3.05) is 0 Å². The van der Waals surface area contributed by atoms with Crippen LogP contribution >= 0.6 is 0 Å². The molecule has 4 unspecified atom stereocenters. The average Bonchev–Trinajstić information content (AvgIpc) is 2.88. The number of phenolic OH excluding ortho intramolecular Hbond substituents is 1. The number of nitrogens with one attached hydrogen (secondary N) is 3. The van der Waals surface area contributed by atoms with Gasteiger partial charge in [0.2, 0.25) is 23.6 Å². The number of nitrogens with two attached hydrogens (primary N) is 2. The van der Waals surface area contributed by atoms with Crippen LogP contribution in [0.1, 0.15) is 24.0 Å². The number of hydrogen-bond acceptors (Lipinski definition) is 8. The van der Waals surface area contributed by atoms with E-state index in [9.17, 15) is 39.0 Å². The van der Waals surface area contributed by atoms with Crippen LogP contribution in [0.15, 0.2) is 54.6 Å². The minimum atomic E-state index is -1.60. The third-order valence-corrected chi connectivity index (χ3v) is 5.68. The van der Waals surface area contributed by atoms with Gasteiger partial charge in [-0.25, -0.2) is 4.79 Å². The van der Waals surface area contributed by atoms with Gasteiger partial charge in [0.25, 0.3) is 0 Å². The lowest BCUT2D eigenvalue weighted by molar-refractivity contribution is -0.142. The molecular weight excluding hydrogens is 526 g/mol. The molecule has 2 aromatic carbocycles. The number of carboxylic acid groups (broad SMARTS) is 2. The second-order valence-corrected chi connectivity index (χ2v) is 8.96. The molecule has 0 heterocycles. The molecule has 0 aliphatic rings. The van der Waals surface area contributed by atoms with Gasteiger partial charge in [0.1, 0.15) is 23.9 Å². The molecule has 0 radical (unpaired) electrons. The molecule has 0 fully saturated rings. The number of carbonyl (C=O) groups is 6. The van der Waals surface area contributed by atoms with Crippen LogP contribution in [-0.2, 0) is 41.6 Å². The standard InChI is InChI=1S/C26H31N5O9/c27-17(12-22(34)35)23(36)29-18(10-15-6-8-16(32)9-7-15)24(37)30-19(13-21(28)33)25(38)31-20(26(39)40)11-14-4-2-1-3-5-14/h1-9,17-20,32H,10-13,27H2,(H2,28,33)(H,29,36)(H,30,37)(H,31,38)(H,34,35)(H,39,40). The van der Waals surface area contributed by atoms with Crippen molar-refractivity contribution in [2.24, 2.45) is 11.5 Å². The van der Waals surface area contributed by atoms with Crippen LogP contribution in [0.3, 0.4) is 0 Å². The number of phenols is 1. The van der Waals surface area contributed by atoms with Crippen LogP contribution in [0, 0.1) is 0 Å². The van der Waals surface area contributed by atoms with Crippen LogP contribution < -0.4 is 27.4 Å². The number of carbonyl (C=O) groups excluding carboxylic acids is 4. The van der Waals surface area contributed by atoms with Crippen molar-refractivity contribution in [3.8, 4) is 5.75 Å². The van der Waals surface area contributed by atoms with Crippen molar-refractivity contribution in [3.05, 3.63) is 65.7 Å². The molecule has 40 heavy (non-hydrogen) atoms. The lowest BCUT2D eigenvalue weighted by atomic mass is 10.0. The normalized spacial score (nSPS) is 13.6. The Labute approximate surface area is 228 Å². The quantitative estimate of drug-likeness (QED) is 0.124. The van der Waals surface area contributed by atoms with E-state index >= 15 is 0 Å². The molecular formula is C26H31N5O9. The molecule has 2 rings (SSSR count). The summed E-state index contributed by atoms with van der Waals surface area (Å²) in [4.78, 5) is 73.1. The van der Waals surface area contributed by atoms with Crippen LogP contribution in [0.4, 0.5) is 0 Å². The third kappa shape index (κ3) is 10.4. The summed E-state index contributed by atoms with van der Waals surface area (Å²) in [6.45, 7) is 0. The molecule has 0 aliphatic carbocycles. The van der Waals surface area contributed by atoms with E-state index in [2.05, 4.69) is 16.0 Å². The van der Waals surface area contributed by atoms with Crippen molar-refractivity contribution in [1.29, 1.82) is 0 Å². The molecule has 214 valence electrons. The topological polar surface area (TPSA) is 251 Å². The number of rotatable bonds is 15. The second kappa shape index (κ2) is 14.8. The Balaban J connectivity index is 2.24. The first-order valence-electron chi connectivity index (χ1n) is 12.1. The van der Waals surface area contributed by atoms with E-state index in [0.717, 1.165) is 0 Å². The van der Waals surface area contributed by atoms with Gasteiger partial charge < -0.3 is 42.7 Å². The van der Waals surface area contributed by atoms with Crippen LogP contribution in [-0.4, -0.2) is 75.1 Å². The van der Waals surface area contributed by atoms with Crippen molar-refractivity contribution in [2.45, 2.75) is 49.9 Å². The molecule has 0 saturated carbocycles. The van der Waals surface area contributed by atoms with Gasteiger partial charge in [-0.15, -0.1) is 0 Å². The summed E-state index contributed by atoms with van der Waals surface area (Å²) >= 11 is 0. The smallest absolute Gasteiger partial charge is 0.326 e. The Bertz CT molecular complexity index is 1220. The minimum Gasteiger partial charge on any atom is -0.508 e. The SMILES string of the molecule is NC(=O)CC(NC(=O)C(Cc1ccc(O)cc1)NC(=O)C(N)CC(=O)O)C(=O)NC(Cc1ccccc1)C(=O)O. The fourth-order valence-electron chi connectivity index (χ4n) is 3.64. The van der Waals surface area contributed by atoms with E-state index < -0.39 is 72.6 Å². The van der Waals surface area contributed by atoms with Crippen molar-refractivity contribution < 1.29 is 44.1 Å². The van der Waals surface area contributed by atoms with E-state index in [0.29, 0.717) is 11.1 Å². The zero-order valence-electron chi connectivity index (χ0n) is 21.3. The lowest BCUT2D eigenvalue weighted by Gasteiger charge is -2.25. The molecule has 2 aromatic rings. The lowest BCUT2D eigenvalue weighted by Crippen LogP contribution is -2.58. The van der Waals surface area contributed by atoms with Gasteiger partial charge in [-0.2, -0.15) is 0 Å². The Hall–Kier alpha value is -4.98. The van der Waals surface area contributed by atoms with Gasteiger partial charge >= 0.3 is 11.9 Å². The molecule has 4 amide bonds. The summed E-state index contributed by atoms with van der Waals surface area (Å²) in [6.07, 6.45) is -1.66. The summed E-state index contributed by atoms with van der Waals surface area (Å²) in [6, 6.07) is 8.15. The predicted octanol–water partition coefficient (Wildman–Crippen LogP) is -1.61. The Morgan fingerprint density at radius 1 is 0.675 bits per heavy atom. The highest BCUT2D eigenvalue weighted by molar-refractivity contribution is 5.96. The second-order valence-electron chi connectivity index (χ2n) is 8.96. The number of aliphatic carboxylic acids is 2. The van der Waals surface area contributed by atoms with E-state index in [1.807, 2.05) is 0 Å². The molecule has 0 aliphatic heterocycles. The number of primary amides is 1. The first kappa shape index (κ1) is 31.2. The van der Waals surface area contributed by atoms with Gasteiger partial charge in [0.05, 0.1) is 18.9 Å². The Morgan fingerprint density at radius 3 is 1.73 bits per heavy atom. The summed E-state index contributed by atoms with van der Waals surface area (Å²) in [5, 5.41) is 35.0. The third-order valence-electron chi connectivity index (χ3n) is 5.68. The first-order valence-corrected chi connectivity index (χ1v) is 12.1. The van der Waals surface area contributed by atoms with E-state index in [1.165, 1.54) is 24.3 Å². The summed E-state index contributed by atoms with van der Waals surface area (Å²) in [7, 11) is 0. The highest BCUT2D eigenvalue weighted by Gasteiger charge is 2.31. The fourth-order valence-corrected chi connectivity index (χ4v) is 3.64. The maximum Gasteiger partial charge on any atom is 0.326 e. The maximum absolute atomic E-state index is 13.2. The molecule has 10 N–H and O–H groups in total. The molecule has 4 atom stereocenters. The van der Waals surface area contributed by atoms with E-state index in [4.69, 9.17) is 16.6 Å². The zero-order valence-corrected chi connectivity index (χ0v) is 21.3. The van der Waals surface area contributed by atoms with Crippen LogP contribution in [0.5, 0.6) is 5.75 Å².